The minimum atomic E-state index is -1.24. The molecule has 0 bridgehead atoms. The highest BCUT2D eigenvalue weighted by Crippen LogP contribution is 2.08. The number of carbonyl (C=O) groups is 1. The number of aromatic nitrogens is 2. The average molecular weight is 305 g/mol. The number of nitrogens with zero attached hydrogens (tertiary/aromatic N) is 1. The molecule has 0 aliphatic heterocycles. The van der Waals surface area contributed by atoms with Crippen molar-refractivity contribution in [3.05, 3.63) is 34.7 Å². The Hall–Kier alpha value is -2.92. The maximum atomic E-state index is 11.8. The second-order valence-electron chi connectivity index (χ2n) is 4.22. The van der Waals surface area contributed by atoms with Crippen LogP contribution < -0.4 is 11.0 Å². The SMILES string of the molecule is O=C(O)NC#COCCOCCn1c(=O)[nH]c2ccccc21. The first-order chi connectivity index (χ1) is 10.7. The highest BCUT2D eigenvalue weighted by atomic mass is 16.5. The fourth-order valence-electron chi connectivity index (χ4n) is 1.85. The summed E-state index contributed by atoms with van der Waals surface area (Å²) in [4.78, 5) is 24.6. The van der Waals surface area contributed by atoms with Crippen LogP contribution >= 0.6 is 0 Å². The zero-order chi connectivity index (χ0) is 15.8. The van der Waals surface area contributed by atoms with E-state index in [1.165, 1.54) is 0 Å². The highest BCUT2D eigenvalue weighted by molar-refractivity contribution is 5.74. The average Bonchev–Trinajstić information content (AvgIpc) is 2.81. The predicted octanol–water partition coefficient (Wildman–Crippen LogP) is 0.549. The largest absolute Gasteiger partial charge is 0.464 e. The Morgan fingerprint density at radius 1 is 1.32 bits per heavy atom. The molecular weight excluding hydrogens is 290 g/mol. The second-order valence-corrected chi connectivity index (χ2v) is 4.22. The number of rotatable bonds is 6. The number of benzene rings is 1. The number of fused-ring (bicyclic) bond motifs is 1. The number of amides is 1. The first-order valence-electron chi connectivity index (χ1n) is 6.54. The highest BCUT2D eigenvalue weighted by Gasteiger charge is 2.04. The molecule has 1 aromatic heterocycles. The molecule has 1 aromatic carbocycles. The van der Waals surface area contributed by atoms with Crippen LogP contribution in [-0.4, -0.2) is 40.6 Å². The molecule has 0 saturated heterocycles. The molecule has 2 rings (SSSR count). The standard InChI is InChI=1S/C14H15N3O5/c18-13-16-11-3-1-2-4-12(11)17(13)6-8-22-10-9-21-7-5-15-14(19)20/h1-4,15H,6,8-10H2,(H,16,18)(H,19,20). The zero-order valence-corrected chi connectivity index (χ0v) is 11.7. The third-order valence-corrected chi connectivity index (χ3v) is 2.76. The summed E-state index contributed by atoms with van der Waals surface area (Å²) >= 11 is 0. The van der Waals surface area contributed by atoms with Gasteiger partial charge in [-0.05, 0) is 12.1 Å². The minimum Gasteiger partial charge on any atom is -0.464 e. The van der Waals surface area contributed by atoms with Crippen LogP contribution in [0.5, 0.6) is 0 Å². The minimum absolute atomic E-state index is 0.174. The summed E-state index contributed by atoms with van der Waals surface area (Å²) in [5.41, 5.74) is 1.45. The summed E-state index contributed by atoms with van der Waals surface area (Å²) in [6.07, 6.45) is 0.933. The van der Waals surface area contributed by atoms with Crippen molar-refractivity contribution >= 4 is 17.1 Å². The molecule has 3 N–H and O–H groups in total. The van der Waals surface area contributed by atoms with Crippen LogP contribution in [0.1, 0.15) is 0 Å². The monoisotopic (exact) mass is 305 g/mol. The Labute approximate surface area is 125 Å². The van der Waals surface area contributed by atoms with Gasteiger partial charge in [-0.15, -0.1) is 0 Å². The molecule has 0 unspecified atom stereocenters. The van der Waals surface area contributed by atoms with Gasteiger partial charge in [0.1, 0.15) is 12.7 Å². The van der Waals surface area contributed by atoms with E-state index in [1.807, 2.05) is 29.6 Å². The second kappa shape index (κ2) is 7.75. The van der Waals surface area contributed by atoms with Gasteiger partial charge in [0.25, 0.3) is 0 Å². The molecule has 8 nitrogen and oxygen atoms in total. The van der Waals surface area contributed by atoms with E-state index in [0.29, 0.717) is 19.8 Å². The van der Waals surface area contributed by atoms with Crippen molar-refractivity contribution in [3.63, 3.8) is 0 Å². The van der Waals surface area contributed by atoms with Gasteiger partial charge in [-0.25, -0.2) is 14.9 Å². The van der Waals surface area contributed by atoms with Crippen molar-refractivity contribution in [3.8, 4) is 12.2 Å². The van der Waals surface area contributed by atoms with E-state index in [9.17, 15) is 9.59 Å². The number of hydrogen-bond acceptors (Lipinski definition) is 4. The number of hydrogen-bond donors (Lipinski definition) is 3. The van der Waals surface area contributed by atoms with Gasteiger partial charge in [-0.3, -0.25) is 4.57 Å². The van der Waals surface area contributed by atoms with Crippen LogP contribution in [0.4, 0.5) is 4.79 Å². The lowest BCUT2D eigenvalue weighted by Crippen LogP contribution is -2.20. The number of para-hydroxylation sites is 2. The van der Waals surface area contributed by atoms with Gasteiger partial charge >= 0.3 is 11.8 Å². The van der Waals surface area contributed by atoms with Gasteiger partial charge in [0.2, 0.25) is 0 Å². The third-order valence-electron chi connectivity index (χ3n) is 2.76. The van der Waals surface area contributed by atoms with E-state index in [-0.39, 0.29) is 12.3 Å². The number of H-pyrrole nitrogens is 1. The Morgan fingerprint density at radius 3 is 2.95 bits per heavy atom. The lowest BCUT2D eigenvalue weighted by atomic mass is 10.3. The van der Waals surface area contributed by atoms with Crippen LogP contribution in [0.2, 0.25) is 0 Å². The molecule has 0 aliphatic rings. The maximum absolute atomic E-state index is 11.8. The molecule has 116 valence electrons. The number of ether oxygens (including phenoxy) is 2. The molecule has 0 spiro atoms. The molecule has 8 heteroatoms. The lowest BCUT2D eigenvalue weighted by Gasteiger charge is -2.04. The summed E-state index contributed by atoms with van der Waals surface area (Å²) in [5.74, 6) is 0. The van der Waals surface area contributed by atoms with Crippen molar-refractivity contribution in [2.45, 2.75) is 6.54 Å². The maximum Gasteiger partial charge on any atom is 0.416 e. The summed E-state index contributed by atoms with van der Waals surface area (Å²) in [6.45, 7) is 1.27. The predicted molar refractivity (Wildman–Crippen MR) is 78.3 cm³/mol. The van der Waals surface area contributed by atoms with Crippen molar-refractivity contribution < 1.29 is 19.4 Å². The van der Waals surface area contributed by atoms with Crippen molar-refractivity contribution in [2.24, 2.45) is 0 Å². The third kappa shape index (κ3) is 4.29. The van der Waals surface area contributed by atoms with Crippen molar-refractivity contribution in [1.29, 1.82) is 0 Å². The van der Waals surface area contributed by atoms with Gasteiger partial charge < -0.3 is 19.6 Å². The first kappa shape index (κ1) is 15.5. The number of imidazole rings is 1. The fraction of sp³-hybridized carbons (Fsp3) is 0.286. The van der Waals surface area contributed by atoms with Crippen LogP contribution in [0.25, 0.3) is 11.0 Å². The summed E-state index contributed by atoms with van der Waals surface area (Å²) in [6, 6.07) is 9.52. The van der Waals surface area contributed by atoms with Crippen LogP contribution in [0.3, 0.4) is 0 Å². The van der Waals surface area contributed by atoms with Gasteiger partial charge in [0.05, 0.1) is 36.8 Å². The molecule has 0 aliphatic carbocycles. The van der Waals surface area contributed by atoms with Crippen molar-refractivity contribution in [2.75, 3.05) is 19.8 Å². The Bertz CT molecular complexity index is 753. The molecule has 1 amide bonds. The van der Waals surface area contributed by atoms with E-state index in [1.54, 1.807) is 4.57 Å². The van der Waals surface area contributed by atoms with E-state index < -0.39 is 6.09 Å². The Morgan fingerprint density at radius 2 is 2.14 bits per heavy atom. The molecule has 0 saturated carbocycles. The van der Waals surface area contributed by atoms with E-state index >= 15 is 0 Å². The van der Waals surface area contributed by atoms with Crippen LogP contribution in [0, 0.1) is 12.2 Å². The molecule has 0 fully saturated rings. The number of nitrogens with one attached hydrogen (secondary N) is 2. The van der Waals surface area contributed by atoms with E-state index in [0.717, 1.165) is 11.0 Å². The fourth-order valence-corrected chi connectivity index (χ4v) is 1.85. The number of aromatic amines is 1. The van der Waals surface area contributed by atoms with E-state index in [2.05, 4.69) is 17.1 Å². The van der Waals surface area contributed by atoms with Gasteiger partial charge in [0, 0.05) is 0 Å². The lowest BCUT2D eigenvalue weighted by molar-refractivity contribution is 0.0858. The molecule has 1 heterocycles. The van der Waals surface area contributed by atoms with Crippen molar-refractivity contribution in [1.82, 2.24) is 14.9 Å². The Kier molecular flexibility index (Phi) is 5.45. The smallest absolute Gasteiger partial charge is 0.416 e. The summed E-state index contributed by atoms with van der Waals surface area (Å²) in [5, 5.41) is 10.1. The molecule has 0 atom stereocenters. The van der Waals surface area contributed by atoms with Crippen LogP contribution in [0.15, 0.2) is 29.1 Å². The van der Waals surface area contributed by atoms with E-state index in [4.69, 9.17) is 14.6 Å². The van der Waals surface area contributed by atoms with Gasteiger partial charge in [0.15, 0.2) is 0 Å². The van der Waals surface area contributed by atoms with Gasteiger partial charge in [-0.1, -0.05) is 12.1 Å². The molecule has 22 heavy (non-hydrogen) atoms. The topological polar surface area (TPSA) is 106 Å². The van der Waals surface area contributed by atoms with Gasteiger partial charge in [-0.2, -0.15) is 0 Å². The normalized spacial score (nSPS) is 10.0. The Balaban J connectivity index is 1.70. The molecular formula is C14H15N3O5. The molecule has 2 aromatic rings. The summed E-state index contributed by atoms with van der Waals surface area (Å²) in [7, 11) is 0. The number of carboxylic acid groups (broad SMARTS) is 1. The zero-order valence-electron chi connectivity index (χ0n) is 11.7. The van der Waals surface area contributed by atoms with Crippen LogP contribution in [-0.2, 0) is 16.0 Å². The quantitative estimate of drug-likeness (QED) is 0.410. The summed E-state index contributed by atoms with van der Waals surface area (Å²) < 4.78 is 11.8. The first-order valence-corrected chi connectivity index (χ1v) is 6.54. The molecule has 0 radical (unpaired) electrons.